The molecule has 0 aliphatic heterocycles. The third-order valence-electron chi connectivity index (χ3n) is 5.10. The fourth-order valence-electron chi connectivity index (χ4n) is 3.47. The molecule has 0 saturated heterocycles. The number of hydrogen-bond acceptors (Lipinski definition) is 8. The summed E-state index contributed by atoms with van der Waals surface area (Å²) in [7, 11) is 2.78. The lowest BCUT2D eigenvalue weighted by atomic mass is 10.2. The van der Waals surface area contributed by atoms with Crippen LogP contribution in [-0.4, -0.2) is 49.1 Å². The Labute approximate surface area is 214 Å². The molecule has 0 radical (unpaired) electrons. The molecule has 2 aromatic heterocycles. The molecule has 0 aliphatic rings. The van der Waals surface area contributed by atoms with Crippen LogP contribution >= 0.6 is 11.6 Å². The number of nitrogens with zero attached hydrogens (tertiary/aromatic N) is 5. The zero-order valence-electron chi connectivity index (χ0n) is 19.9. The number of aryl methyl sites for hydroxylation is 1. The maximum absolute atomic E-state index is 13.5. The first-order chi connectivity index (χ1) is 17.5. The van der Waals surface area contributed by atoms with E-state index in [4.69, 9.17) is 21.1 Å². The summed E-state index contributed by atoms with van der Waals surface area (Å²) >= 11 is 5.99. The van der Waals surface area contributed by atoms with E-state index < -0.39 is 28.6 Å². The smallest absolute Gasteiger partial charge is 0.332 e. The summed E-state index contributed by atoms with van der Waals surface area (Å²) in [6.07, 6.45) is 1.10. The first-order valence-corrected chi connectivity index (χ1v) is 11.1. The van der Waals surface area contributed by atoms with Gasteiger partial charge in [0, 0.05) is 25.3 Å². The van der Waals surface area contributed by atoms with E-state index in [1.54, 1.807) is 24.3 Å². The minimum Gasteiger partial charge on any atom is -0.425 e. The topological polar surface area (TPSA) is 113 Å². The van der Waals surface area contributed by atoms with Crippen LogP contribution in [0.25, 0.3) is 11.2 Å². The lowest BCUT2D eigenvalue weighted by Crippen LogP contribution is -2.43. The van der Waals surface area contributed by atoms with Gasteiger partial charge in [-0.25, -0.2) is 4.79 Å². The van der Waals surface area contributed by atoms with Crippen molar-refractivity contribution in [2.45, 2.75) is 19.2 Å². The summed E-state index contributed by atoms with van der Waals surface area (Å²) in [5, 5.41) is 10.7. The molecule has 0 bridgehead atoms. The number of aliphatic hydroxyl groups is 1. The molecule has 0 spiro atoms. The predicted octanol–water partition coefficient (Wildman–Crippen LogP) is 2.57. The van der Waals surface area contributed by atoms with Crippen LogP contribution in [0.3, 0.4) is 0 Å². The van der Waals surface area contributed by atoms with Gasteiger partial charge in [-0.3, -0.25) is 18.5 Å². The largest absolute Gasteiger partial charge is 0.425 e. The summed E-state index contributed by atoms with van der Waals surface area (Å²) in [4.78, 5) is 34.8. The molecule has 0 fully saturated rings. The molecule has 3 rings (SSSR count). The molecule has 1 aromatic carbocycles. The van der Waals surface area contributed by atoms with Crippen molar-refractivity contribution in [3.8, 4) is 6.01 Å². The predicted molar refractivity (Wildman–Crippen MR) is 131 cm³/mol. The van der Waals surface area contributed by atoms with Gasteiger partial charge in [0.25, 0.3) is 5.56 Å². The van der Waals surface area contributed by atoms with Gasteiger partial charge in [-0.05, 0) is 23.8 Å². The van der Waals surface area contributed by atoms with E-state index in [0.29, 0.717) is 10.6 Å². The third-order valence-corrected chi connectivity index (χ3v) is 5.36. The second-order valence-corrected chi connectivity index (χ2v) is 8.19. The first-order valence-electron chi connectivity index (χ1n) is 10.7. The van der Waals surface area contributed by atoms with Crippen molar-refractivity contribution in [1.29, 1.82) is 0 Å². The monoisotopic (exact) mass is 539 g/mol. The summed E-state index contributed by atoms with van der Waals surface area (Å²) in [6, 6.07) is 6.60. The highest BCUT2D eigenvalue weighted by Gasteiger charge is 2.23. The summed E-state index contributed by atoms with van der Waals surface area (Å²) in [5.74, 6) is -0.553. The fourth-order valence-corrected chi connectivity index (χ4v) is 3.60. The number of benzene rings is 1. The van der Waals surface area contributed by atoms with Gasteiger partial charge in [-0.2, -0.15) is 4.98 Å². The molecule has 1 N–H and O–H groups in total. The zero-order chi connectivity index (χ0) is 27.3. The molecule has 0 aliphatic carbocycles. The third kappa shape index (κ3) is 6.51. The van der Waals surface area contributed by atoms with Crippen molar-refractivity contribution >= 4 is 22.8 Å². The van der Waals surface area contributed by atoms with Crippen LogP contribution in [-0.2, 0) is 29.7 Å². The van der Waals surface area contributed by atoms with Crippen molar-refractivity contribution in [2.24, 2.45) is 7.05 Å². The number of rotatable bonds is 12. The Hall–Kier alpha value is -3.78. The quantitative estimate of drug-likeness (QED) is 0.162. The summed E-state index contributed by atoms with van der Waals surface area (Å²) in [6.45, 7) is 6.55. The normalized spacial score (nSPS) is 12.7. The average molecular weight is 540 g/mol. The van der Waals surface area contributed by atoms with Crippen LogP contribution in [0.1, 0.15) is 5.56 Å². The van der Waals surface area contributed by atoms with Gasteiger partial charge >= 0.3 is 11.7 Å². The van der Waals surface area contributed by atoms with Crippen LogP contribution in [0, 0.1) is 0 Å². The van der Waals surface area contributed by atoms with Crippen LogP contribution in [0.15, 0.2) is 70.7 Å². The Morgan fingerprint density at radius 3 is 2.54 bits per heavy atom. The van der Waals surface area contributed by atoms with Gasteiger partial charge in [-0.15, -0.1) is 0 Å². The molecule has 1 unspecified atom stereocenters. The van der Waals surface area contributed by atoms with Gasteiger partial charge in [0.05, 0.1) is 25.8 Å². The zero-order valence-corrected chi connectivity index (χ0v) is 20.7. The van der Waals surface area contributed by atoms with Crippen molar-refractivity contribution < 1.29 is 28.4 Å². The van der Waals surface area contributed by atoms with E-state index in [9.17, 15) is 23.7 Å². The van der Waals surface area contributed by atoms with Crippen molar-refractivity contribution in [3.63, 3.8) is 0 Å². The van der Waals surface area contributed by atoms with E-state index in [1.165, 1.54) is 24.8 Å². The van der Waals surface area contributed by atoms with Gasteiger partial charge in [0.15, 0.2) is 11.2 Å². The molecule has 11 nitrogen and oxygen atoms in total. The molecule has 14 heteroatoms. The highest BCUT2D eigenvalue weighted by Crippen LogP contribution is 2.23. The molecule has 0 amide bonds. The number of allylic oxidation sites excluding steroid dienone is 2. The Balaban J connectivity index is 2.21. The van der Waals surface area contributed by atoms with E-state index in [-0.39, 0.29) is 42.6 Å². The molecule has 2 heterocycles. The number of aromatic nitrogens is 4. The summed E-state index contributed by atoms with van der Waals surface area (Å²) < 4.78 is 38.8. The van der Waals surface area contributed by atoms with Crippen molar-refractivity contribution in [2.75, 3.05) is 13.7 Å². The van der Waals surface area contributed by atoms with E-state index in [0.717, 1.165) is 15.2 Å². The Bertz CT molecular complexity index is 1450. The number of aliphatic hydroxyl groups excluding tert-OH is 1. The number of halogens is 3. The van der Waals surface area contributed by atoms with Gasteiger partial charge < -0.3 is 19.4 Å². The number of imidazole rings is 1. The van der Waals surface area contributed by atoms with Gasteiger partial charge in [-0.1, -0.05) is 45.9 Å². The van der Waals surface area contributed by atoms with Crippen LogP contribution in [0.2, 0.25) is 5.02 Å². The SMILES string of the molecule is C=C/C(=C\C(=C)ON(F)F)Oc1nc2c(c(=O)n(CC(O)COC)c(=O)n2C)n1Cc1ccc(Cl)cc1. The first kappa shape index (κ1) is 27.8. The highest BCUT2D eigenvalue weighted by atomic mass is 35.5. The van der Waals surface area contributed by atoms with E-state index in [2.05, 4.69) is 23.0 Å². The van der Waals surface area contributed by atoms with Crippen molar-refractivity contribution in [1.82, 2.24) is 24.2 Å². The minimum atomic E-state index is -1.54. The molecule has 0 saturated carbocycles. The number of ether oxygens (including phenoxy) is 2. The fraction of sp³-hybridized carbons (Fsp3) is 0.261. The van der Waals surface area contributed by atoms with Gasteiger partial charge in [0.2, 0.25) is 5.51 Å². The molecule has 1 atom stereocenters. The highest BCUT2D eigenvalue weighted by molar-refractivity contribution is 6.30. The lowest BCUT2D eigenvalue weighted by Gasteiger charge is -2.14. The molecule has 37 heavy (non-hydrogen) atoms. The maximum atomic E-state index is 13.5. The lowest BCUT2D eigenvalue weighted by molar-refractivity contribution is -0.369. The number of fused-ring (bicyclic) bond motifs is 1. The number of hydrogen-bond donors (Lipinski definition) is 1. The second kappa shape index (κ2) is 12.0. The standard InChI is InChI=1S/C23H24ClF2N5O6/c1-5-18(10-14(2)37-31(25)26)36-22-27-20-19(29(22)11-15-6-8-16(24)9-7-15)21(33)30(23(34)28(20)3)12-17(32)13-35-4/h5-10,17,32H,1-2,11-13H2,3-4H3/b18-10+. The molecular weight excluding hydrogens is 516 g/mol. The van der Waals surface area contributed by atoms with Crippen LogP contribution < -0.4 is 16.0 Å². The second-order valence-electron chi connectivity index (χ2n) is 7.76. The van der Waals surface area contributed by atoms with Crippen molar-refractivity contribution in [3.05, 3.63) is 92.5 Å². The maximum Gasteiger partial charge on any atom is 0.332 e. The molecule has 3 aromatic rings. The summed E-state index contributed by atoms with van der Waals surface area (Å²) in [5.41, 5.74) is -2.29. The Morgan fingerprint density at radius 2 is 1.95 bits per heavy atom. The average Bonchev–Trinajstić information content (AvgIpc) is 3.19. The van der Waals surface area contributed by atoms with Crippen LogP contribution in [0.4, 0.5) is 8.96 Å². The Kier molecular flexibility index (Phi) is 8.99. The Morgan fingerprint density at radius 1 is 1.27 bits per heavy atom. The number of methoxy groups -OCH3 is 1. The van der Waals surface area contributed by atoms with Crippen LogP contribution in [0.5, 0.6) is 6.01 Å². The van der Waals surface area contributed by atoms with Gasteiger partial charge in [0.1, 0.15) is 11.5 Å². The minimum absolute atomic E-state index is 0.00570. The van der Waals surface area contributed by atoms with E-state index >= 15 is 0 Å². The molecule has 198 valence electrons. The molecular formula is C23H24ClF2N5O6. The van der Waals surface area contributed by atoms with E-state index in [1.807, 2.05) is 0 Å².